The number of amides is 2. The molecule has 1 fully saturated rings. The van der Waals surface area contributed by atoms with Crippen LogP contribution in [0.2, 0.25) is 0 Å². The molecule has 0 radical (unpaired) electrons. The van der Waals surface area contributed by atoms with E-state index in [0.29, 0.717) is 6.04 Å². The number of hydrogen-bond acceptors (Lipinski definition) is 2. The number of urea groups is 1. The molecule has 0 aliphatic carbocycles. The molecule has 1 saturated heterocycles. The average molecular weight is 326 g/mol. The zero-order valence-corrected chi connectivity index (χ0v) is 14.7. The van der Waals surface area contributed by atoms with Crippen LogP contribution >= 0.6 is 0 Å². The number of nitrogens with zero attached hydrogens (tertiary/aromatic N) is 3. The highest BCUT2D eigenvalue weighted by Gasteiger charge is 2.25. The van der Waals surface area contributed by atoms with Gasteiger partial charge in [-0.25, -0.2) is 4.79 Å². The van der Waals surface area contributed by atoms with Crippen molar-refractivity contribution in [2.75, 3.05) is 32.5 Å². The van der Waals surface area contributed by atoms with Gasteiger partial charge < -0.3 is 19.7 Å². The van der Waals surface area contributed by atoms with E-state index in [1.54, 1.807) is 0 Å². The number of likely N-dealkylation sites (N-methyl/N-ethyl adjacent to an activating group) is 1. The molecule has 24 heavy (non-hydrogen) atoms. The predicted octanol–water partition coefficient (Wildman–Crippen LogP) is 3.34. The number of rotatable bonds is 3. The average Bonchev–Trinajstić information content (AvgIpc) is 3.11. The summed E-state index contributed by atoms with van der Waals surface area (Å²) in [6.45, 7) is 3.66. The minimum atomic E-state index is -0.00527. The Morgan fingerprint density at radius 1 is 1.21 bits per heavy atom. The largest absolute Gasteiger partial charge is 0.324 e. The number of anilines is 1. The topological polar surface area (TPSA) is 40.5 Å². The maximum absolute atomic E-state index is 12.7. The highest BCUT2D eigenvalue weighted by atomic mass is 16.2. The standard InChI is InChI=1S/C19H26N4O/c1-15-17(9-6-10-18(15)22-11-4-5-12-22)20-19(24)23-13-7-8-16(14-23)21(2)3/h4-6,9-12,16H,7-8,13-14H2,1-3H3,(H,20,24)/t16-/m0/s1. The zero-order valence-electron chi connectivity index (χ0n) is 14.7. The number of aromatic nitrogens is 1. The first-order valence-corrected chi connectivity index (χ1v) is 8.51. The lowest BCUT2D eigenvalue weighted by molar-refractivity contribution is 0.148. The molecule has 0 saturated carbocycles. The number of benzene rings is 1. The lowest BCUT2D eigenvalue weighted by Crippen LogP contribution is -2.48. The second kappa shape index (κ2) is 7.09. The minimum absolute atomic E-state index is 0.00527. The number of carbonyl (C=O) groups is 1. The summed E-state index contributed by atoms with van der Waals surface area (Å²) in [5.74, 6) is 0. The van der Waals surface area contributed by atoms with Crippen LogP contribution in [0, 0.1) is 6.92 Å². The molecule has 5 heteroatoms. The van der Waals surface area contributed by atoms with Crippen LogP contribution in [0.4, 0.5) is 10.5 Å². The first kappa shape index (κ1) is 16.6. The quantitative estimate of drug-likeness (QED) is 0.940. The Kier molecular flexibility index (Phi) is 4.90. The molecule has 0 unspecified atom stereocenters. The summed E-state index contributed by atoms with van der Waals surface area (Å²) in [5, 5.41) is 3.10. The number of carbonyl (C=O) groups excluding carboxylic acids is 1. The summed E-state index contributed by atoms with van der Waals surface area (Å²) < 4.78 is 2.06. The maximum Gasteiger partial charge on any atom is 0.321 e. The molecule has 5 nitrogen and oxygen atoms in total. The summed E-state index contributed by atoms with van der Waals surface area (Å²) in [4.78, 5) is 16.8. The third-order valence-corrected chi connectivity index (χ3v) is 4.84. The van der Waals surface area contributed by atoms with E-state index < -0.39 is 0 Å². The van der Waals surface area contributed by atoms with Crippen LogP contribution in [0.25, 0.3) is 5.69 Å². The smallest absolute Gasteiger partial charge is 0.321 e. The molecule has 0 spiro atoms. The third kappa shape index (κ3) is 3.46. The van der Waals surface area contributed by atoms with Gasteiger partial charge in [-0.1, -0.05) is 6.07 Å². The second-order valence-corrected chi connectivity index (χ2v) is 6.68. The van der Waals surface area contributed by atoms with Crippen LogP contribution in [0.5, 0.6) is 0 Å². The van der Waals surface area contributed by atoms with E-state index in [9.17, 15) is 4.79 Å². The Labute approximate surface area is 143 Å². The van der Waals surface area contributed by atoms with Gasteiger partial charge in [0.25, 0.3) is 0 Å². The number of hydrogen-bond donors (Lipinski definition) is 1. The van der Waals surface area contributed by atoms with E-state index in [1.165, 1.54) is 0 Å². The summed E-state index contributed by atoms with van der Waals surface area (Å²) in [5.41, 5.74) is 3.03. The highest BCUT2D eigenvalue weighted by Crippen LogP contribution is 2.23. The fraction of sp³-hybridized carbons (Fsp3) is 0.421. The van der Waals surface area contributed by atoms with Gasteiger partial charge in [-0.15, -0.1) is 0 Å². The SMILES string of the molecule is Cc1c(NC(=O)N2CCC[C@H](N(C)C)C2)cccc1-n1cccc1. The molecule has 2 aromatic rings. The van der Waals surface area contributed by atoms with Gasteiger partial charge >= 0.3 is 6.03 Å². The minimum Gasteiger partial charge on any atom is -0.324 e. The van der Waals surface area contributed by atoms with Gasteiger partial charge in [0, 0.05) is 42.9 Å². The van der Waals surface area contributed by atoms with Gasteiger partial charge in [0.05, 0.1) is 0 Å². The van der Waals surface area contributed by atoms with Crippen molar-refractivity contribution in [1.29, 1.82) is 0 Å². The molecule has 1 N–H and O–H groups in total. The predicted molar refractivity (Wildman–Crippen MR) is 97.8 cm³/mol. The van der Waals surface area contributed by atoms with E-state index in [1.807, 2.05) is 48.5 Å². The molecule has 128 valence electrons. The van der Waals surface area contributed by atoms with Crippen molar-refractivity contribution >= 4 is 11.7 Å². The van der Waals surface area contributed by atoms with Crippen molar-refractivity contribution in [3.8, 4) is 5.69 Å². The van der Waals surface area contributed by atoms with Crippen LogP contribution in [0.1, 0.15) is 18.4 Å². The number of piperidine rings is 1. The van der Waals surface area contributed by atoms with E-state index in [0.717, 1.165) is 42.9 Å². The second-order valence-electron chi connectivity index (χ2n) is 6.68. The summed E-state index contributed by atoms with van der Waals surface area (Å²) in [7, 11) is 4.16. The van der Waals surface area contributed by atoms with Crippen molar-refractivity contribution in [3.63, 3.8) is 0 Å². The molecule has 0 bridgehead atoms. The van der Waals surface area contributed by atoms with Crippen LogP contribution < -0.4 is 5.32 Å². The van der Waals surface area contributed by atoms with Crippen LogP contribution in [-0.4, -0.2) is 53.6 Å². The summed E-state index contributed by atoms with van der Waals surface area (Å²) >= 11 is 0. The summed E-state index contributed by atoms with van der Waals surface area (Å²) in [6, 6.07) is 10.4. The van der Waals surface area contributed by atoms with E-state index >= 15 is 0 Å². The Balaban J connectivity index is 1.74. The molecular formula is C19H26N4O. The van der Waals surface area contributed by atoms with E-state index in [-0.39, 0.29) is 6.03 Å². The molecular weight excluding hydrogens is 300 g/mol. The van der Waals surface area contributed by atoms with Crippen LogP contribution in [0.3, 0.4) is 0 Å². The van der Waals surface area contributed by atoms with Gasteiger partial charge in [0.2, 0.25) is 0 Å². The fourth-order valence-electron chi connectivity index (χ4n) is 3.29. The fourth-order valence-corrected chi connectivity index (χ4v) is 3.29. The number of nitrogens with one attached hydrogen (secondary N) is 1. The number of likely N-dealkylation sites (tertiary alicyclic amines) is 1. The highest BCUT2D eigenvalue weighted by molar-refractivity contribution is 5.90. The van der Waals surface area contributed by atoms with Gasteiger partial charge in [-0.3, -0.25) is 0 Å². The van der Waals surface area contributed by atoms with E-state index in [2.05, 4.69) is 34.9 Å². The Bertz CT molecular complexity index is 693. The molecule has 1 aromatic carbocycles. The van der Waals surface area contributed by atoms with Crippen molar-refractivity contribution in [3.05, 3.63) is 48.3 Å². The molecule has 1 aromatic heterocycles. The molecule has 2 heterocycles. The molecule has 1 aliphatic heterocycles. The van der Waals surface area contributed by atoms with Crippen molar-refractivity contribution in [1.82, 2.24) is 14.4 Å². The normalized spacial score (nSPS) is 18.0. The molecule has 1 atom stereocenters. The first-order valence-electron chi connectivity index (χ1n) is 8.51. The molecule has 3 rings (SSSR count). The Hall–Kier alpha value is -2.27. The zero-order chi connectivity index (χ0) is 17.1. The monoisotopic (exact) mass is 326 g/mol. The molecule has 1 aliphatic rings. The Morgan fingerprint density at radius 2 is 1.96 bits per heavy atom. The lowest BCUT2D eigenvalue weighted by Gasteiger charge is -2.36. The van der Waals surface area contributed by atoms with Crippen LogP contribution in [0.15, 0.2) is 42.7 Å². The van der Waals surface area contributed by atoms with E-state index in [4.69, 9.17) is 0 Å². The van der Waals surface area contributed by atoms with Gasteiger partial charge in [-0.2, -0.15) is 0 Å². The summed E-state index contributed by atoms with van der Waals surface area (Å²) in [6.07, 6.45) is 6.23. The molecule has 2 amide bonds. The third-order valence-electron chi connectivity index (χ3n) is 4.84. The van der Waals surface area contributed by atoms with Crippen molar-refractivity contribution in [2.45, 2.75) is 25.8 Å². The first-order chi connectivity index (χ1) is 11.6. The van der Waals surface area contributed by atoms with Gasteiger partial charge in [0.15, 0.2) is 0 Å². The lowest BCUT2D eigenvalue weighted by atomic mass is 10.1. The van der Waals surface area contributed by atoms with Gasteiger partial charge in [0.1, 0.15) is 0 Å². The van der Waals surface area contributed by atoms with Crippen molar-refractivity contribution < 1.29 is 4.79 Å². The Morgan fingerprint density at radius 3 is 2.67 bits per heavy atom. The maximum atomic E-state index is 12.7. The van der Waals surface area contributed by atoms with Gasteiger partial charge in [-0.05, 0) is 63.7 Å². The van der Waals surface area contributed by atoms with Crippen LogP contribution in [-0.2, 0) is 0 Å². The van der Waals surface area contributed by atoms with Crippen molar-refractivity contribution in [2.24, 2.45) is 0 Å².